The number of rotatable bonds is 3. The van der Waals surface area contributed by atoms with Gasteiger partial charge in [-0.1, -0.05) is 6.07 Å². The number of anilines is 1. The highest BCUT2D eigenvalue weighted by atomic mass is 32.2. The molecule has 5 nitrogen and oxygen atoms in total. The molecule has 0 atom stereocenters. The Labute approximate surface area is 116 Å². The summed E-state index contributed by atoms with van der Waals surface area (Å²) in [6, 6.07) is 5.32. The van der Waals surface area contributed by atoms with Crippen molar-refractivity contribution in [2.75, 3.05) is 4.72 Å². The molecule has 20 heavy (non-hydrogen) atoms. The van der Waals surface area contributed by atoms with Gasteiger partial charge in [0.2, 0.25) is 5.95 Å². The van der Waals surface area contributed by atoms with Crippen LogP contribution in [0.3, 0.4) is 0 Å². The van der Waals surface area contributed by atoms with E-state index in [1.54, 1.807) is 26.8 Å². The van der Waals surface area contributed by atoms with Crippen LogP contribution in [0.1, 0.15) is 17.0 Å². The number of sulfonamides is 1. The minimum absolute atomic E-state index is 0.0221. The van der Waals surface area contributed by atoms with E-state index >= 15 is 0 Å². The highest BCUT2D eigenvalue weighted by molar-refractivity contribution is 7.92. The predicted octanol–water partition coefficient (Wildman–Crippen LogP) is 2.34. The van der Waals surface area contributed by atoms with Crippen LogP contribution in [0, 0.1) is 26.6 Å². The molecule has 2 rings (SSSR count). The lowest BCUT2D eigenvalue weighted by Crippen LogP contribution is -2.17. The molecule has 106 valence electrons. The van der Waals surface area contributed by atoms with Crippen LogP contribution in [0.4, 0.5) is 10.3 Å². The molecule has 1 heterocycles. The van der Waals surface area contributed by atoms with Gasteiger partial charge in [-0.25, -0.2) is 27.5 Å². The van der Waals surface area contributed by atoms with Gasteiger partial charge < -0.3 is 0 Å². The first kappa shape index (κ1) is 14.4. The van der Waals surface area contributed by atoms with Crippen molar-refractivity contribution in [1.29, 1.82) is 0 Å². The van der Waals surface area contributed by atoms with Crippen LogP contribution in [0.2, 0.25) is 0 Å². The van der Waals surface area contributed by atoms with E-state index in [0.29, 0.717) is 17.0 Å². The molecule has 2 aromatic rings. The lowest BCUT2D eigenvalue weighted by atomic mass is 10.2. The van der Waals surface area contributed by atoms with Gasteiger partial charge in [-0.15, -0.1) is 0 Å². The largest absolute Gasteiger partial charge is 0.264 e. The van der Waals surface area contributed by atoms with E-state index in [1.165, 1.54) is 12.1 Å². The number of aryl methyl sites for hydroxylation is 3. The molecule has 0 radical (unpaired) electrons. The Balaban J connectivity index is 2.43. The Kier molecular flexibility index (Phi) is 3.71. The second-order valence-electron chi connectivity index (χ2n) is 4.49. The highest BCUT2D eigenvalue weighted by Gasteiger charge is 2.19. The summed E-state index contributed by atoms with van der Waals surface area (Å²) < 4.78 is 40.0. The second-order valence-corrected chi connectivity index (χ2v) is 6.14. The molecule has 0 fully saturated rings. The first-order valence-corrected chi connectivity index (χ1v) is 7.37. The van der Waals surface area contributed by atoms with E-state index in [0.717, 1.165) is 6.07 Å². The van der Waals surface area contributed by atoms with Crippen molar-refractivity contribution in [3.05, 3.63) is 47.0 Å². The SMILES string of the molecule is Cc1cc(C)nc(NS(=O)(=O)c2cc(F)ccc2C)n1. The monoisotopic (exact) mass is 295 g/mol. The molecule has 0 amide bonds. The summed E-state index contributed by atoms with van der Waals surface area (Å²) in [5.41, 5.74) is 1.74. The fraction of sp³-hybridized carbons (Fsp3) is 0.231. The van der Waals surface area contributed by atoms with Crippen LogP contribution in [0.25, 0.3) is 0 Å². The number of aromatic nitrogens is 2. The Morgan fingerprint density at radius 2 is 1.65 bits per heavy atom. The van der Waals surface area contributed by atoms with Crippen LogP contribution in [-0.4, -0.2) is 18.4 Å². The standard InChI is InChI=1S/C13H14FN3O2S/c1-8-4-5-11(14)7-12(8)20(18,19)17-13-15-9(2)6-10(3)16-13/h4-7H,1-3H3,(H,15,16,17). The van der Waals surface area contributed by atoms with E-state index in [4.69, 9.17) is 0 Å². The molecule has 0 bridgehead atoms. The van der Waals surface area contributed by atoms with Gasteiger partial charge >= 0.3 is 0 Å². The third-order valence-electron chi connectivity index (χ3n) is 2.65. The van der Waals surface area contributed by atoms with Crippen LogP contribution < -0.4 is 4.72 Å². The molecule has 1 aromatic carbocycles. The van der Waals surface area contributed by atoms with Crippen molar-refractivity contribution < 1.29 is 12.8 Å². The third kappa shape index (κ3) is 3.11. The predicted molar refractivity (Wildman–Crippen MR) is 73.5 cm³/mol. The van der Waals surface area contributed by atoms with E-state index in [1.807, 2.05) is 0 Å². The summed E-state index contributed by atoms with van der Waals surface area (Å²) in [6.45, 7) is 5.07. The summed E-state index contributed by atoms with van der Waals surface area (Å²) in [7, 11) is -3.92. The number of nitrogens with one attached hydrogen (secondary N) is 1. The third-order valence-corrected chi connectivity index (χ3v) is 4.12. The number of hydrogen-bond donors (Lipinski definition) is 1. The van der Waals surface area contributed by atoms with Gasteiger partial charge in [0.05, 0.1) is 4.90 Å². The Morgan fingerprint density at radius 3 is 2.25 bits per heavy atom. The van der Waals surface area contributed by atoms with Crippen molar-refractivity contribution >= 4 is 16.0 Å². The topological polar surface area (TPSA) is 72.0 Å². The van der Waals surface area contributed by atoms with E-state index in [2.05, 4.69) is 14.7 Å². The van der Waals surface area contributed by atoms with Crippen molar-refractivity contribution in [3.8, 4) is 0 Å². The zero-order valence-electron chi connectivity index (χ0n) is 11.3. The number of nitrogens with zero attached hydrogens (tertiary/aromatic N) is 2. The Bertz CT molecular complexity index is 740. The molecule has 0 unspecified atom stereocenters. The van der Waals surface area contributed by atoms with Gasteiger partial charge in [0.1, 0.15) is 5.82 Å². The highest BCUT2D eigenvalue weighted by Crippen LogP contribution is 2.19. The number of benzene rings is 1. The maximum atomic E-state index is 13.2. The Hall–Kier alpha value is -2.02. The summed E-state index contributed by atoms with van der Waals surface area (Å²) >= 11 is 0. The van der Waals surface area contributed by atoms with Gasteiger partial charge in [-0.3, -0.25) is 0 Å². The molecule has 0 aliphatic rings. The van der Waals surface area contributed by atoms with Gasteiger partial charge in [0.25, 0.3) is 10.0 Å². The molecule has 1 aromatic heterocycles. The van der Waals surface area contributed by atoms with Crippen LogP contribution in [0.5, 0.6) is 0 Å². The quantitative estimate of drug-likeness (QED) is 0.943. The second kappa shape index (κ2) is 5.16. The lowest BCUT2D eigenvalue weighted by Gasteiger charge is -2.10. The van der Waals surface area contributed by atoms with Crippen molar-refractivity contribution in [2.45, 2.75) is 25.7 Å². The van der Waals surface area contributed by atoms with Crippen LogP contribution in [-0.2, 0) is 10.0 Å². The maximum absolute atomic E-state index is 13.2. The summed E-state index contributed by atoms with van der Waals surface area (Å²) in [4.78, 5) is 7.88. The molecular weight excluding hydrogens is 281 g/mol. The van der Waals surface area contributed by atoms with E-state index in [-0.39, 0.29) is 10.8 Å². The van der Waals surface area contributed by atoms with Crippen molar-refractivity contribution in [1.82, 2.24) is 9.97 Å². The van der Waals surface area contributed by atoms with Gasteiger partial charge in [-0.05, 0) is 44.5 Å². The molecule has 0 saturated heterocycles. The maximum Gasteiger partial charge on any atom is 0.264 e. The van der Waals surface area contributed by atoms with Crippen LogP contribution >= 0.6 is 0 Å². The van der Waals surface area contributed by atoms with Crippen molar-refractivity contribution in [3.63, 3.8) is 0 Å². The van der Waals surface area contributed by atoms with E-state index in [9.17, 15) is 12.8 Å². The lowest BCUT2D eigenvalue weighted by molar-refractivity contribution is 0.594. The zero-order chi connectivity index (χ0) is 14.9. The van der Waals surface area contributed by atoms with Crippen LogP contribution in [0.15, 0.2) is 29.2 Å². The number of hydrogen-bond acceptors (Lipinski definition) is 4. The first-order valence-electron chi connectivity index (χ1n) is 5.89. The molecule has 0 aliphatic heterocycles. The minimum atomic E-state index is -3.92. The summed E-state index contributed by atoms with van der Waals surface area (Å²) in [5.74, 6) is -0.636. The molecule has 7 heteroatoms. The number of halogens is 1. The summed E-state index contributed by atoms with van der Waals surface area (Å²) in [6.07, 6.45) is 0. The molecule has 1 N–H and O–H groups in total. The fourth-order valence-electron chi connectivity index (χ4n) is 1.81. The Morgan fingerprint density at radius 1 is 1.05 bits per heavy atom. The van der Waals surface area contributed by atoms with Gasteiger partial charge in [-0.2, -0.15) is 0 Å². The molecule has 0 spiro atoms. The normalized spacial score (nSPS) is 11.4. The minimum Gasteiger partial charge on any atom is -0.247 e. The van der Waals surface area contributed by atoms with Gasteiger partial charge in [0.15, 0.2) is 0 Å². The zero-order valence-corrected chi connectivity index (χ0v) is 12.1. The average molecular weight is 295 g/mol. The molecule has 0 aliphatic carbocycles. The molecular formula is C13H14FN3O2S. The fourth-order valence-corrected chi connectivity index (χ4v) is 3.01. The summed E-state index contributed by atoms with van der Waals surface area (Å²) in [5, 5.41) is 0. The molecule has 0 saturated carbocycles. The first-order chi connectivity index (χ1) is 9.28. The smallest absolute Gasteiger partial charge is 0.247 e. The van der Waals surface area contributed by atoms with E-state index < -0.39 is 15.8 Å². The van der Waals surface area contributed by atoms with Crippen molar-refractivity contribution in [2.24, 2.45) is 0 Å². The van der Waals surface area contributed by atoms with Gasteiger partial charge in [0, 0.05) is 11.4 Å². The average Bonchev–Trinajstić information content (AvgIpc) is 2.30.